The largest absolute Gasteiger partial charge is 0.465 e. The molecule has 0 N–H and O–H groups in total. The van der Waals surface area contributed by atoms with Gasteiger partial charge in [0.1, 0.15) is 17.2 Å². The van der Waals surface area contributed by atoms with Gasteiger partial charge in [0, 0.05) is 18.5 Å². The van der Waals surface area contributed by atoms with Gasteiger partial charge in [0.2, 0.25) is 5.88 Å². The van der Waals surface area contributed by atoms with Gasteiger partial charge in [-0.15, -0.1) is 13.2 Å². The number of benzene rings is 1. The van der Waals surface area contributed by atoms with Crippen molar-refractivity contribution in [3.8, 4) is 6.07 Å². The molecule has 0 spiro atoms. The zero-order valence-electron chi connectivity index (χ0n) is 12.3. The molecule has 0 aliphatic carbocycles. The number of esters is 1. The lowest BCUT2D eigenvalue weighted by Gasteiger charge is -2.18. The Bertz CT molecular complexity index is 758. The number of ether oxygens (including phenoxy) is 1. The van der Waals surface area contributed by atoms with E-state index in [4.69, 9.17) is 9.15 Å². The molecule has 2 rings (SSSR count). The van der Waals surface area contributed by atoms with Gasteiger partial charge in [-0.1, -0.05) is 12.2 Å². The van der Waals surface area contributed by atoms with E-state index < -0.39 is 5.97 Å². The van der Waals surface area contributed by atoms with Gasteiger partial charge in [-0.2, -0.15) is 5.26 Å². The molecule has 0 aliphatic rings. The molecule has 0 saturated carbocycles. The topological polar surface area (TPSA) is 66.5 Å². The molecule has 5 heteroatoms. The summed E-state index contributed by atoms with van der Waals surface area (Å²) in [5, 5.41) is 10.1. The number of carbonyl (C=O) groups is 1. The number of fused-ring (bicyclic) bond motifs is 1. The minimum atomic E-state index is -0.456. The van der Waals surface area contributed by atoms with Gasteiger partial charge >= 0.3 is 5.97 Å². The van der Waals surface area contributed by atoms with E-state index in [2.05, 4.69) is 19.2 Å². The van der Waals surface area contributed by atoms with Crippen LogP contribution in [0.3, 0.4) is 0 Å². The molecule has 0 radical (unpaired) electrons. The Hall–Kier alpha value is -3.00. The summed E-state index contributed by atoms with van der Waals surface area (Å²) < 4.78 is 10.5. The SMILES string of the molecule is C=CCN(CC=C)c1oc2ccc(C(=O)OC)cc2c1C#N. The molecule has 0 aliphatic heterocycles. The van der Waals surface area contributed by atoms with Crippen LogP contribution in [0.5, 0.6) is 0 Å². The molecule has 1 heterocycles. The molecule has 0 unspecified atom stereocenters. The van der Waals surface area contributed by atoms with Crippen LogP contribution >= 0.6 is 0 Å². The lowest BCUT2D eigenvalue weighted by Crippen LogP contribution is -2.23. The van der Waals surface area contributed by atoms with Crippen molar-refractivity contribution in [2.75, 3.05) is 25.1 Å². The second-order valence-electron chi connectivity index (χ2n) is 4.58. The maximum Gasteiger partial charge on any atom is 0.337 e. The second kappa shape index (κ2) is 6.64. The van der Waals surface area contributed by atoms with Gasteiger partial charge in [-0.3, -0.25) is 0 Å². The third-order valence-corrected chi connectivity index (χ3v) is 3.19. The van der Waals surface area contributed by atoms with Crippen molar-refractivity contribution in [3.63, 3.8) is 0 Å². The van der Waals surface area contributed by atoms with Crippen LogP contribution in [0, 0.1) is 11.3 Å². The normalized spacial score (nSPS) is 10.0. The van der Waals surface area contributed by atoms with Gasteiger partial charge in [-0.25, -0.2) is 4.79 Å². The van der Waals surface area contributed by atoms with Crippen molar-refractivity contribution >= 4 is 22.8 Å². The summed E-state index contributed by atoms with van der Waals surface area (Å²) in [4.78, 5) is 13.5. The van der Waals surface area contributed by atoms with E-state index in [1.54, 1.807) is 30.4 Å². The molecule has 1 aromatic heterocycles. The molecule has 112 valence electrons. The van der Waals surface area contributed by atoms with E-state index in [0.29, 0.717) is 41.1 Å². The van der Waals surface area contributed by atoms with E-state index in [0.717, 1.165) is 0 Å². The maximum absolute atomic E-state index is 11.6. The van der Waals surface area contributed by atoms with Crippen LogP contribution in [0.1, 0.15) is 15.9 Å². The molecule has 22 heavy (non-hydrogen) atoms. The number of hydrogen-bond donors (Lipinski definition) is 0. The third-order valence-electron chi connectivity index (χ3n) is 3.19. The molecular formula is C17H16N2O3. The van der Waals surface area contributed by atoms with Crippen LogP contribution < -0.4 is 4.90 Å². The maximum atomic E-state index is 11.6. The molecule has 0 amide bonds. The summed E-state index contributed by atoms with van der Waals surface area (Å²) >= 11 is 0. The number of nitriles is 1. The fourth-order valence-corrected chi connectivity index (χ4v) is 2.21. The Morgan fingerprint density at radius 1 is 1.41 bits per heavy atom. The fraction of sp³-hybridized carbons (Fsp3) is 0.176. The molecule has 0 saturated heterocycles. The standard InChI is InChI=1S/C17H16N2O3/c1-4-8-19(9-5-2)16-14(11-18)13-10-12(17(20)21-3)6-7-15(13)22-16/h4-7,10H,1-2,8-9H2,3H3. The van der Waals surface area contributed by atoms with E-state index in [1.165, 1.54) is 7.11 Å². The highest BCUT2D eigenvalue weighted by atomic mass is 16.5. The number of nitrogens with zero attached hydrogens (tertiary/aromatic N) is 2. The summed E-state index contributed by atoms with van der Waals surface area (Å²) in [6.45, 7) is 8.45. The number of anilines is 1. The molecule has 0 bridgehead atoms. The Labute approximate surface area is 128 Å². The first-order chi connectivity index (χ1) is 10.7. The molecule has 0 atom stereocenters. The predicted octanol–water partition coefficient (Wildman–Crippen LogP) is 3.27. The lowest BCUT2D eigenvalue weighted by atomic mass is 10.1. The summed E-state index contributed by atoms with van der Waals surface area (Å²) in [7, 11) is 1.31. The van der Waals surface area contributed by atoms with Crippen LogP contribution in [0.2, 0.25) is 0 Å². The first-order valence-corrected chi connectivity index (χ1v) is 6.68. The van der Waals surface area contributed by atoms with E-state index in [1.807, 2.05) is 4.90 Å². The van der Waals surface area contributed by atoms with Gasteiger partial charge < -0.3 is 14.1 Å². The molecule has 2 aromatic rings. The second-order valence-corrected chi connectivity index (χ2v) is 4.58. The zero-order chi connectivity index (χ0) is 16.1. The Morgan fingerprint density at radius 2 is 2.09 bits per heavy atom. The van der Waals surface area contributed by atoms with E-state index >= 15 is 0 Å². The minimum Gasteiger partial charge on any atom is -0.465 e. The number of furan rings is 1. The van der Waals surface area contributed by atoms with Gasteiger partial charge in [0.05, 0.1) is 12.7 Å². The first kappa shape index (κ1) is 15.4. The molecule has 5 nitrogen and oxygen atoms in total. The highest BCUT2D eigenvalue weighted by Crippen LogP contribution is 2.33. The number of carbonyl (C=O) groups excluding carboxylic acids is 1. The van der Waals surface area contributed by atoms with Crippen LogP contribution in [-0.2, 0) is 4.74 Å². The minimum absolute atomic E-state index is 0.373. The van der Waals surface area contributed by atoms with E-state index in [9.17, 15) is 10.1 Å². The average Bonchev–Trinajstić information content (AvgIpc) is 2.91. The van der Waals surface area contributed by atoms with Gasteiger partial charge in [-0.05, 0) is 18.2 Å². The van der Waals surface area contributed by atoms with Crippen molar-refractivity contribution in [3.05, 3.63) is 54.6 Å². The summed E-state index contributed by atoms with van der Waals surface area (Å²) in [5.74, 6) is -0.0121. The summed E-state index contributed by atoms with van der Waals surface area (Å²) in [6.07, 6.45) is 3.44. The Balaban J connectivity index is 2.61. The third kappa shape index (κ3) is 2.72. The smallest absolute Gasteiger partial charge is 0.337 e. The van der Waals surface area contributed by atoms with Crippen molar-refractivity contribution in [2.24, 2.45) is 0 Å². The highest BCUT2D eigenvalue weighted by molar-refractivity contribution is 5.97. The number of rotatable bonds is 6. The fourth-order valence-electron chi connectivity index (χ4n) is 2.21. The van der Waals surface area contributed by atoms with Crippen molar-refractivity contribution in [1.29, 1.82) is 5.26 Å². The monoisotopic (exact) mass is 296 g/mol. The molecular weight excluding hydrogens is 280 g/mol. The quantitative estimate of drug-likeness (QED) is 0.604. The van der Waals surface area contributed by atoms with Crippen LogP contribution in [0.15, 0.2) is 47.9 Å². The summed E-state index contributed by atoms with van der Waals surface area (Å²) in [6, 6.07) is 7.01. The van der Waals surface area contributed by atoms with Crippen LogP contribution in [-0.4, -0.2) is 26.2 Å². The number of hydrogen-bond acceptors (Lipinski definition) is 5. The van der Waals surface area contributed by atoms with Crippen molar-refractivity contribution < 1.29 is 13.9 Å². The Morgan fingerprint density at radius 3 is 2.64 bits per heavy atom. The predicted molar refractivity (Wildman–Crippen MR) is 84.9 cm³/mol. The lowest BCUT2D eigenvalue weighted by molar-refractivity contribution is 0.0601. The first-order valence-electron chi connectivity index (χ1n) is 6.68. The zero-order valence-corrected chi connectivity index (χ0v) is 12.3. The number of methoxy groups -OCH3 is 1. The Kier molecular flexibility index (Phi) is 4.64. The molecule has 0 fully saturated rings. The van der Waals surface area contributed by atoms with Crippen molar-refractivity contribution in [2.45, 2.75) is 0 Å². The average molecular weight is 296 g/mol. The van der Waals surface area contributed by atoms with Gasteiger partial charge in [0.15, 0.2) is 0 Å². The van der Waals surface area contributed by atoms with Crippen molar-refractivity contribution in [1.82, 2.24) is 0 Å². The summed E-state index contributed by atoms with van der Waals surface area (Å²) in [5.41, 5.74) is 1.29. The highest BCUT2D eigenvalue weighted by Gasteiger charge is 2.20. The van der Waals surface area contributed by atoms with Gasteiger partial charge in [0.25, 0.3) is 0 Å². The van der Waals surface area contributed by atoms with Crippen LogP contribution in [0.4, 0.5) is 5.88 Å². The van der Waals surface area contributed by atoms with E-state index in [-0.39, 0.29) is 0 Å². The molecule has 1 aromatic carbocycles. The van der Waals surface area contributed by atoms with Crippen LogP contribution in [0.25, 0.3) is 11.0 Å².